The van der Waals surface area contributed by atoms with Gasteiger partial charge < -0.3 is 5.11 Å². The predicted molar refractivity (Wildman–Crippen MR) is 79.2 cm³/mol. The van der Waals surface area contributed by atoms with Crippen LogP contribution in [-0.4, -0.2) is 11.7 Å². The van der Waals surface area contributed by atoms with Crippen molar-refractivity contribution in [3.8, 4) is 0 Å². The molecule has 0 aliphatic rings. The van der Waals surface area contributed by atoms with Crippen LogP contribution in [0.15, 0.2) is 24.3 Å². The minimum absolute atomic E-state index is 0.285. The van der Waals surface area contributed by atoms with E-state index in [9.17, 15) is 13.2 Å². The lowest BCUT2D eigenvalue weighted by Gasteiger charge is -2.07. The molecule has 0 spiro atoms. The molecule has 1 rings (SSSR count). The van der Waals surface area contributed by atoms with Crippen LogP contribution in [0.1, 0.15) is 62.5 Å². The summed E-state index contributed by atoms with van der Waals surface area (Å²) >= 11 is 0. The Morgan fingerprint density at radius 1 is 0.714 bits per heavy atom. The fraction of sp³-hybridized carbons (Fsp3) is 0.647. The smallest absolute Gasteiger partial charge is 0.396 e. The molecule has 1 aromatic rings. The van der Waals surface area contributed by atoms with Crippen molar-refractivity contribution in [2.24, 2.45) is 0 Å². The third kappa shape index (κ3) is 8.10. The first-order valence-corrected chi connectivity index (χ1v) is 7.81. The minimum atomic E-state index is -4.24. The van der Waals surface area contributed by atoms with Gasteiger partial charge in [0, 0.05) is 6.61 Å². The second kappa shape index (κ2) is 9.82. The Morgan fingerprint density at radius 3 is 1.67 bits per heavy atom. The van der Waals surface area contributed by atoms with E-state index in [0.717, 1.165) is 49.8 Å². The van der Waals surface area contributed by atoms with Crippen LogP contribution in [0.3, 0.4) is 0 Å². The van der Waals surface area contributed by atoms with E-state index in [1.807, 2.05) is 0 Å². The third-order valence-corrected chi connectivity index (χ3v) is 3.65. The van der Waals surface area contributed by atoms with Crippen molar-refractivity contribution in [1.82, 2.24) is 0 Å². The van der Waals surface area contributed by atoms with Crippen LogP contribution in [0.4, 0.5) is 13.2 Å². The maximum atomic E-state index is 12.4. The molecule has 0 atom stereocenters. The van der Waals surface area contributed by atoms with Crippen molar-refractivity contribution < 1.29 is 18.3 Å². The fourth-order valence-corrected chi connectivity index (χ4v) is 2.36. The van der Waals surface area contributed by atoms with Crippen LogP contribution in [0.5, 0.6) is 0 Å². The molecule has 120 valence electrons. The van der Waals surface area contributed by atoms with Gasteiger partial charge in [-0.3, -0.25) is 0 Å². The Balaban J connectivity index is 2.08. The highest BCUT2D eigenvalue weighted by atomic mass is 19.4. The molecule has 0 aliphatic carbocycles. The number of aliphatic hydroxyl groups excluding tert-OH is 1. The van der Waals surface area contributed by atoms with Crippen molar-refractivity contribution in [3.63, 3.8) is 0 Å². The van der Waals surface area contributed by atoms with Gasteiger partial charge in [-0.05, 0) is 37.0 Å². The van der Waals surface area contributed by atoms with Crippen molar-refractivity contribution in [2.45, 2.75) is 64.0 Å². The van der Waals surface area contributed by atoms with E-state index in [4.69, 9.17) is 5.11 Å². The summed E-state index contributed by atoms with van der Waals surface area (Å²) in [6, 6.07) is 5.49. The molecule has 0 amide bonds. The number of unbranched alkanes of at least 4 members (excludes halogenated alkanes) is 7. The first-order chi connectivity index (χ1) is 10.0. The molecule has 1 aromatic carbocycles. The topological polar surface area (TPSA) is 20.2 Å². The van der Waals surface area contributed by atoms with Crippen LogP contribution in [-0.2, 0) is 12.6 Å². The standard InChI is InChI=1S/C17H25F3O/c18-17(19,20)16-12-10-15(11-13-16)9-7-5-3-1-2-4-6-8-14-21/h10-13,21H,1-9,14H2. The molecule has 4 heteroatoms. The van der Waals surface area contributed by atoms with Crippen molar-refractivity contribution in [2.75, 3.05) is 6.61 Å². The van der Waals surface area contributed by atoms with Gasteiger partial charge in [-0.1, -0.05) is 50.7 Å². The summed E-state index contributed by atoms with van der Waals surface area (Å²) in [6.45, 7) is 0.285. The number of benzene rings is 1. The van der Waals surface area contributed by atoms with E-state index >= 15 is 0 Å². The molecule has 0 aromatic heterocycles. The van der Waals surface area contributed by atoms with Gasteiger partial charge in [0.2, 0.25) is 0 Å². The Bertz CT molecular complexity index is 371. The van der Waals surface area contributed by atoms with E-state index in [-0.39, 0.29) is 6.61 Å². The average Bonchev–Trinajstić information content (AvgIpc) is 2.45. The van der Waals surface area contributed by atoms with Gasteiger partial charge >= 0.3 is 6.18 Å². The van der Waals surface area contributed by atoms with Crippen LogP contribution in [0.2, 0.25) is 0 Å². The molecule has 0 saturated heterocycles. The van der Waals surface area contributed by atoms with Gasteiger partial charge in [0.05, 0.1) is 5.56 Å². The number of alkyl halides is 3. The van der Waals surface area contributed by atoms with Gasteiger partial charge in [0.25, 0.3) is 0 Å². The number of aryl methyl sites for hydroxylation is 1. The second-order valence-corrected chi connectivity index (χ2v) is 5.50. The maximum Gasteiger partial charge on any atom is 0.416 e. The monoisotopic (exact) mass is 302 g/mol. The van der Waals surface area contributed by atoms with Gasteiger partial charge in [-0.2, -0.15) is 13.2 Å². The lowest BCUT2D eigenvalue weighted by atomic mass is 10.0. The van der Waals surface area contributed by atoms with Crippen LogP contribution in [0.25, 0.3) is 0 Å². The van der Waals surface area contributed by atoms with Gasteiger partial charge in [0.15, 0.2) is 0 Å². The summed E-state index contributed by atoms with van der Waals surface area (Å²) in [7, 11) is 0. The molecule has 21 heavy (non-hydrogen) atoms. The zero-order chi connectivity index (χ0) is 15.6. The summed E-state index contributed by atoms with van der Waals surface area (Å²) < 4.78 is 37.2. The lowest BCUT2D eigenvalue weighted by molar-refractivity contribution is -0.137. The Hall–Kier alpha value is -1.03. The molecule has 0 unspecified atom stereocenters. The molecule has 0 fully saturated rings. The SMILES string of the molecule is OCCCCCCCCCCc1ccc(C(F)(F)F)cc1. The molecule has 0 saturated carbocycles. The molecule has 0 heterocycles. The van der Waals surface area contributed by atoms with Crippen LogP contribution >= 0.6 is 0 Å². The molecule has 0 aliphatic heterocycles. The summed E-state index contributed by atoms with van der Waals surface area (Å²) in [6.07, 6.45) is 5.54. The quantitative estimate of drug-likeness (QED) is 0.577. The molecular weight excluding hydrogens is 277 g/mol. The largest absolute Gasteiger partial charge is 0.416 e. The number of rotatable bonds is 10. The van der Waals surface area contributed by atoms with Gasteiger partial charge in [-0.15, -0.1) is 0 Å². The Morgan fingerprint density at radius 2 is 1.19 bits per heavy atom. The normalized spacial score (nSPS) is 11.8. The highest BCUT2D eigenvalue weighted by molar-refractivity contribution is 5.24. The van der Waals surface area contributed by atoms with E-state index in [0.29, 0.717) is 0 Å². The van der Waals surface area contributed by atoms with Crippen LogP contribution in [0, 0.1) is 0 Å². The Kier molecular flexibility index (Phi) is 8.43. The van der Waals surface area contributed by atoms with E-state index in [1.165, 1.54) is 25.7 Å². The van der Waals surface area contributed by atoms with E-state index < -0.39 is 11.7 Å². The molecule has 0 radical (unpaired) electrons. The highest BCUT2D eigenvalue weighted by Crippen LogP contribution is 2.29. The molecule has 1 nitrogen and oxygen atoms in total. The lowest BCUT2D eigenvalue weighted by Crippen LogP contribution is -2.04. The fourth-order valence-electron chi connectivity index (χ4n) is 2.36. The van der Waals surface area contributed by atoms with Gasteiger partial charge in [0.1, 0.15) is 0 Å². The zero-order valence-corrected chi connectivity index (χ0v) is 12.5. The maximum absolute atomic E-state index is 12.4. The summed E-state index contributed by atoms with van der Waals surface area (Å²) in [5, 5.41) is 8.65. The summed E-state index contributed by atoms with van der Waals surface area (Å²) in [4.78, 5) is 0. The molecule has 1 N–H and O–H groups in total. The first-order valence-electron chi connectivity index (χ1n) is 7.81. The molecular formula is C17H25F3O. The van der Waals surface area contributed by atoms with Crippen molar-refractivity contribution in [3.05, 3.63) is 35.4 Å². The number of hydrogen-bond donors (Lipinski definition) is 1. The zero-order valence-electron chi connectivity index (χ0n) is 12.5. The van der Waals surface area contributed by atoms with Crippen molar-refractivity contribution in [1.29, 1.82) is 0 Å². The highest BCUT2D eigenvalue weighted by Gasteiger charge is 2.29. The summed E-state index contributed by atoms with van der Waals surface area (Å²) in [5.74, 6) is 0. The van der Waals surface area contributed by atoms with E-state index in [1.54, 1.807) is 12.1 Å². The second-order valence-electron chi connectivity index (χ2n) is 5.50. The predicted octanol–water partition coefficient (Wildman–Crippen LogP) is 5.36. The number of aliphatic hydroxyl groups is 1. The number of halogens is 3. The van der Waals surface area contributed by atoms with Crippen molar-refractivity contribution >= 4 is 0 Å². The summed E-state index contributed by atoms with van der Waals surface area (Å²) in [5.41, 5.74) is 0.403. The Labute approximate surface area is 125 Å². The minimum Gasteiger partial charge on any atom is -0.396 e. The molecule has 0 bridgehead atoms. The number of hydrogen-bond acceptors (Lipinski definition) is 1. The third-order valence-electron chi connectivity index (χ3n) is 3.65. The van der Waals surface area contributed by atoms with Gasteiger partial charge in [-0.25, -0.2) is 0 Å². The first kappa shape index (κ1) is 18.0. The average molecular weight is 302 g/mol. The van der Waals surface area contributed by atoms with Crippen LogP contribution < -0.4 is 0 Å². The van der Waals surface area contributed by atoms with E-state index in [2.05, 4.69) is 0 Å².